The van der Waals surface area contributed by atoms with E-state index in [1.165, 1.54) is 0 Å². The monoisotopic (exact) mass is 217 g/mol. The van der Waals surface area contributed by atoms with Crippen LogP contribution >= 0.6 is 12.4 Å². The van der Waals surface area contributed by atoms with Crippen LogP contribution in [-0.4, -0.2) is 40.5 Å². The highest BCUT2D eigenvalue weighted by Gasteiger charge is 2.48. The summed E-state index contributed by atoms with van der Waals surface area (Å²) in [6, 6.07) is 1.01. The van der Waals surface area contributed by atoms with E-state index in [-0.39, 0.29) is 18.5 Å². The minimum Gasteiger partial charge on any atom is -0.393 e. The summed E-state index contributed by atoms with van der Waals surface area (Å²) in [6.45, 7) is 0.659. The van der Waals surface area contributed by atoms with E-state index in [4.69, 9.17) is 0 Å². The number of carbonyl (C=O) groups is 1. The van der Waals surface area contributed by atoms with Gasteiger partial charge in [-0.05, 0) is 25.7 Å². The Morgan fingerprint density at radius 2 is 1.71 bits per heavy atom. The Morgan fingerprint density at radius 3 is 2.21 bits per heavy atom. The van der Waals surface area contributed by atoms with Gasteiger partial charge < -0.3 is 5.11 Å². The lowest BCUT2D eigenvalue weighted by atomic mass is 9.72. The number of piperidine rings is 4. The topological polar surface area (TPSA) is 40.5 Å². The highest BCUT2D eigenvalue weighted by Crippen LogP contribution is 2.41. The highest BCUT2D eigenvalue weighted by atomic mass is 35.5. The highest BCUT2D eigenvalue weighted by molar-refractivity contribution is 5.85. The maximum absolute atomic E-state index is 11.5. The summed E-state index contributed by atoms with van der Waals surface area (Å²) in [6.07, 6.45) is 3.68. The fraction of sp³-hybridized carbons (Fsp3) is 0.900. The van der Waals surface area contributed by atoms with Crippen molar-refractivity contribution >= 4 is 18.2 Å². The number of aliphatic hydroxyl groups is 1. The first kappa shape index (κ1) is 10.4. The Hall–Kier alpha value is -0.120. The third kappa shape index (κ3) is 1.38. The van der Waals surface area contributed by atoms with Crippen molar-refractivity contribution in [3.8, 4) is 0 Å². The van der Waals surface area contributed by atoms with E-state index >= 15 is 0 Å². The van der Waals surface area contributed by atoms with Crippen LogP contribution in [0.3, 0.4) is 0 Å². The largest absolute Gasteiger partial charge is 0.393 e. The molecule has 4 bridgehead atoms. The van der Waals surface area contributed by atoms with Crippen molar-refractivity contribution in [2.75, 3.05) is 6.54 Å². The number of Topliss-reactive ketones (excluding diaryl/α,β-unsaturated/α-hetero) is 1. The minimum absolute atomic E-state index is 0. The van der Waals surface area contributed by atoms with Gasteiger partial charge in [-0.3, -0.25) is 9.69 Å². The molecule has 4 saturated heterocycles. The summed E-state index contributed by atoms with van der Waals surface area (Å²) in [5.74, 6) is 0.761. The number of aliphatic hydroxyl groups excluding tert-OH is 1. The SMILES string of the molecule is Cl.O=C1CN2[C@@H]3CC(O)C[C@H]2CC1C3. The molecule has 0 amide bonds. The van der Waals surface area contributed by atoms with E-state index in [1.54, 1.807) is 0 Å². The molecule has 4 aliphatic rings. The number of rotatable bonds is 0. The summed E-state index contributed by atoms with van der Waals surface area (Å²) < 4.78 is 0. The zero-order valence-corrected chi connectivity index (χ0v) is 8.87. The molecular formula is C10H16ClNO2. The molecule has 4 aliphatic heterocycles. The molecule has 0 aliphatic carbocycles. The summed E-state index contributed by atoms with van der Waals surface area (Å²) in [5.41, 5.74) is 0. The zero-order valence-electron chi connectivity index (χ0n) is 8.06. The summed E-state index contributed by atoms with van der Waals surface area (Å²) in [7, 11) is 0. The predicted molar refractivity (Wildman–Crippen MR) is 54.5 cm³/mol. The van der Waals surface area contributed by atoms with Crippen LogP contribution in [-0.2, 0) is 4.79 Å². The molecule has 4 heteroatoms. The first-order chi connectivity index (χ1) is 6.24. The molecule has 3 unspecified atom stereocenters. The van der Waals surface area contributed by atoms with E-state index in [9.17, 15) is 9.90 Å². The van der Waals surface area contributed by atoms with Crippen LogP contribution in [0.15, 0.2) is 0 Å². The molecule has 0 radical (unpaired) electrons. The normalized spacial score (nSPS) is 50.1. The average Bonchev–Trinajstić information content (AvgIpc) is 2.04. The fourth-order valence-electron chi connectivity index (χ4n) is 3.34. The number of fused-ring (bicyclic) bond motifs is 1. The quantitative estimate of drug-likeness (QED) is 0.646. The van der Waals surface area contributed by atoms with Gasteiger partial charge in [-0.1, -0.05) is 0 Å². The van der Waals surface area contributed by atoms with Crippen molar-refractivity contribution in [3.05, 3.63) is 0 Å². The van der Waals surface area contributed by atoms with E-state index in [1.807, 2.05) is 0 Å². The Balaban J connectivity index is 0.000000750. The number of hydrogen-bond donors (Lipinski definition) is 1. The van der Waals surface area contributed by atoms with E-state index in [2.05, 4.69) is 4.90 Å². The van der Waals surface area contributed by atoms with Crippen LogP contribution in [0.25, 0.3) is 0 Å². The second-order valence-electron chi connectivity index (χ2n) is 4.74. The summed E-state index contributed by atoms with van der Waals surface area (Å²) in [4.78, 5) is 13.8. The van der Waals surface area contributed by atoms with Crippen LogP contribution in [0.2, 0.25) is 0 Å². The molecule has 3 nitrogen and oxygen atoms in total. The Kier molecular flexibility index (Phi) is 2.58. The van der Waals surface area contributed by atoms with Gasteiger partial charge in [0.05, 0.1) is 12.6 Å². The Bertz CT molecular complexity index is 243. The molecule has 4 heterocycles. The third-order valence-corrected chi connectivity index (χ3v) is 3.93. The second kappa shape index (κ2) is 3.47. The lowest BCUT2D eigenvalue weighted by Crippen LogP contribution is -2.62. The lowest BCUT2D eigenvalue weighted by molar-refractivity contribution is -0.144. The first-order valence-electron chi connectivity index (χ1n) is 5.20. The van der Waals surface area contributed by atoms with Gasteiger partial charge in [0.2, 0.25) is 0 Å². The van der Waals surface area contributed by atoms with Crippen LogP contribution < -0.4 is 0 Å². The molecule has 0 aromatic heterocycles. The van der Waals surface area contributed by atoms with Crippen LogP contribution in [0.5, 0.6) is 0 Å². The lowest BCUT2D eigenvalue weighted by Gasteiger charge is -2.53. The van der Waals surface area contributed by atoms with E-state index in [0.29, 0.717) is 30.3 Å². The molecule has 0 spiro atoms. The standard InChI is InChI=1S/C10H15NO2.ClH/c12-9-3-7-1-6-2-8(4-9)11(7)5-10(6)13;/h6-9,12H,1-5H2;1H/t6?,7-,8+,9?;. The molecule has 1 N–H and O–H groups in total. The van der Waals surface area contributed by atoms with Crippen molar-refractivity contribution < 1.29 is 9.90 Å². The van der Waals surface area contributed by atoms with Crippen molar-refractivity contribution in [1.29, 1.82) is 0 Å². The van der Waals surface area contributed by atoms with Crippen LogP contribution in [0.4, 0.5) is 0 Å². The summed E-state index contributed by atoms with van der Waals surface area (Å²) in [5, 5.41) is 9.60. The van der Waals surface area contributed by atoms with E-state index in [0.717, 1.165) is 25.7 Å². The maximum Gasteiger partial charge on any atom is 0.150 e. The Labute approximate surface area is 89.9 Å². The minimum atomic E-state index is -0.111. The smallest absolute Gasteiger partial charge is 0.150 e. The van der Waals surface area contributed by atoms with Gasteiger partial charge in [0.25, 0.3) is 0 Å². The molecule has 0 aromatic rings. The molecule has 0 saturated carbocycles. The summed E-state index contributed by atoms with van der Waals surface area (Å²) >= 11 is 0. The second-order valence-corrected chi connectivity index (χ2v) is 4.74. The molecule has 0 aromatic carbocycles. The van der Waals surface area contributed by atoms with Crippen LogP contribution in [0.1, 0.15) is 25.7 Å². The fourth-order valence-corrected chi connectivity index (χ4v) is 3.34. The van der Waals surface area contributed by atoms with Crippen LogP contribution in [0, 0.1) is 5.92 Å². The zero-order chi connectivity index (χ0) is 9.00. The van der Waals surface area contributed by atoms with Crippen molar-refractivity contribution in [3.63, 3.8) is 0 Å². The number of hydrogen-bond acceptors (Lipinski definition) is 3. The average molecular weight is 218 g/mol. The number of carbonyl (C=O) groups excluding carboxylic acids is 1. The number of halogens is 1. The van der Waals surface area contributed by atoms with Gasteiger partial charge in [-0.25, -0.2) is 0 Å². The van der Waals surface area contributed by atoms with Crippen molar-refractivity contribution in [1.82, 2.24) is 4.90 Å². The van der Waals surface area contributed by atoms with Crippen molar-refractivity contribution in [2.45, 2.75) is 43.9 Å². The van der Waals surface area contributed by atoms with Gasteiger partial charge in [0.15, 0.2) is 0 Å². The Morgan fingerprint density at radius 1 is 1.14 bits per heavy atom. The van der Waals surface area contributed by atoms with Gasteiger partial charge in [-0.2, -0.15) is 0 Å². The van der Waals surface area contributed by atoms with Gasteiger partial charge in [0, 0.05) is 18.0 Å². The van der Waals surface area contributed by atoms with Crippen molar-refractivity contribution in [2.24, 2.45) is 5.92 Å². The number of ketones is 1. The molecule has 80 valence electrons. The predicted octanol–water partition coefficient (Wildman–Crippen LogP) is 0.595. The third-order valence-electron chi connectivity index (χ3n) is 3.93. The van der Waals surface area contributed by atoms with E-state index < -0.39 is 0 Å². The van der Waals surface area contributed by atoms with Gasteiger partial charge in [-0.15, -0.1) is 12.4 Å². The van der Waals surface area contributed by atoms with Gasteiger partial charge >= 0.3 is 0 Å². The molecule has 5 atom stereocenters. The number of nitrogens with zero attached hydrogens (tertiary/aromatic N) is 1. The van der Waals surface area contributed by atoms with Gasteiger partial charge in [0.1, 0.15) is 5.78 Å². The molecular weight excluding hydrogens is 202 g/mol. The molecule has 4 fully saturated rings. The first-order valence-corrected chi connectivity index (χ1v) is 5.20. The molecule has 4 rings (SSSR count). The molecule has 14 heavy (non-hydrogen) atoms. The maximum atomic E-state index is 11.5.